The van der Waals surface area contributed by atoms with Crippen molar-refractivity contribution in [2.24, 2.45) is 11.8 Å². The normalized spacial score (nSPS) is 32.1. The molecule has 4 nitrogen and oxygen atoms in total. The minimum Gasteiger partial charge on any atom is -0.343 e. The minimum atomic E-state index is 0.0104. The van der Waals surface area contributed by atoms with E-state index < -0.39 is 0 Å². The molecule has 1 heterocycles. The summed E-state index contributed by atoms with van der Waals surface area (Å²) in [6, 6.07) is 2.09. The highest BCUT2D eigenvalue weighted by atomic mass is 16.2. The van der Waals surface area contributed by atoms with Gasteiger partial charge in [-0.25, -0.2) is 0 Å². The number of likely N-dealkylation sites (N-methyl/N-ethyl adjacent to an activating group) is 1. The summed E-state index contributed by atoms with van der Waals surface area (Å²) in [6.07, 6.45) is 4.13. The van der Waals surface area contributed by atoms with E-state index >= 15 is 0 Å². The largest absolute Gasteiger partial charge is 0.343 e. The van der Waals surface area contributed by atoms with E-state index in [1.807, 2.05) is 0 Å². The molecule has 0 radical (unpaired) electrons. The van der Waals surface area contributed by atoms with Gasteiger partial charge in [0.05, 0.1) is 18.5 Å². The molecule has 1 saturated carbocycles. The fraction of sp³-hybridized carbons (Fsp3) is 0.833. The van der Waals surface area contributed by atoms with Crippen LogP contribution in [-0.2, 0) is 4.79 Å². The SMILES string of the molecule is CN(CCC#N)C(=O)C1NCC2CCCC21. The van der Waals surface area contributed by atoms with Crippen LogP contribution in [0.2, 0.25) is 0 Å². The molecule has 1 aliphatic heterocycles. The van der Waals surface area contributed by atoms with Crippen LogP contribution in [0.5, 0.6) is 0 Å². The smallest absolute Gasteiger partial charge is 0.239 e. The molecule has 0 aromatic carbocycles. The second-order valence-corrected chi connectivity index (χ2v) is 4.91. The average molecular weight is 221 g/mol. The van der Waals surface area contributed by atoms with Crippen LogP contribution in [0.25, 0.3) is 0 Å². The molecule has 2 rings (SSSR count). The number of carbonyl (C=O) groups is 1. The molecular weight excluding hydrogens is 202 g/mol. The van der Waals surface area contributed by atoms with Crippen molar-refractivity contribution >= 4 is 5.91 Å². The number of fused-ring (bicyclic) bond motifs is 1. The van der Waals surface area contributed by atoms with Crippen LogP contribution in [0.4, 0.5) is 0 Å². The molecule has 1 N–H and O–H groups in total. The van der Waals surface area contributed by atoms with Gasteiger partial charge in [-0.1, -0.05) is 6.42 Å². The Bertz CT molecular complexity index is 310. The van der Waals surface area contributed by atoms with E-state index in [9.17, 15) is 4.79 Å². The molecule has 1 saturated heterocycles. The van der Waals surface area contributed by atoms with Crippen molar-refractivity contribution in [3.63, 3.8) is 0 Å². The molecule has 1 aliphatic carbocycles. The molecule has 1 amide bonds. The Labute approximate surface area is 96.6 Å². The zero-order valence-corrected chi connectivity index (χ0v) is 9.78. The summed E-state index contributed by atoms with van der Waals surface area (Å²) < 4.78 is 0. The van der Waals surface area contributed by atoms with E-state index in [1.165, 1.54) is 19.3 Å². The van der Waals surface area contributed by atoms with E-state index in [4.69, 9.17) is 5.26 Å². The summed E-state index contributed by atoms with van der Waals surface area (Å²) in [5, 5.41) is 11.9. The Hall–Kier alpha value is -1.08. The van der Waals surface area contributed by atoms with Gasteiger partial charge in [0.15, 0.2) is 0 Å². The van der Waals surface area contributed by atoms with Crippen LogP contribution < -0.4 is 5.32 Å². The van der Waals surface area contributed by atoms with Crippen LogP contribution in [0, 0.1) is 23.2 Å². The van der Waals surface area contributed by atoms with Gasteiger partial charge < -0.3 is 10.2 Å². The van der Waals surface area contributed by atoms with Crippen molar-refractivity contribution < 1.29 is 4.79 Å². The minimum absolute atomic E-state index is 0.0104. The van der Waals surface area contributed by atoms with Gasteiger partial charge in [0.2, 0.25) is 5.91 Å². The van der Waals surface area contributed by atoms with Crippen LogP contribution in [-0.4, -0.2) is 37.0 Å². The maximum atomic E-state index is 12.1. The van der Waals surface area contributed by atoms with Gasteiger partial charge >= 0.3 is 0 Å². The third kappa shape index (κ3) is 2.05. The Kier molecular flexibility index (Phi) is 3.45. The molecular formula is C12H19N3O. The predicted molar refractivity (Wildman–Crippen MR) is 60.5 cm³/mol. The fourth-order valence-corrected chi connectivity index (χ4v) is 3.02. The molecule has 0 bridgehead atoms. The molecule has 4 heteroatoms. The predicted octanol–water partition coefficient (Wildman–Crippen LogP) is 0.747. The number of nitriles is 1. The fourth-order valence-electron chi connectivity index (χ4n) is 3.02. The summed E-state index contributed by atoms with van der Waals surface area (Å²) >= 11 is 0. The van der Waals surface area contributed by atoms with Crippen LogP contribution >= 0.6 is 0 Å². The molecule has 88 valence electrons. The van der Waals surface area contributed by atoms with Gasteiger partial charge in [-0.2, -0.15) is 5.26 Å². The van der Waals surface area contributed by atoms with E-state index in [2.05, 4.69) is 11.4 Å². The monoisotopic (exact) mass is 221 g/mol. The highest BCUT2D eigenvalue weighted by Crippen LogP contribution is 2.38. The molecule has 0 spiro atoms. The lowest BCUT2D eigenvalue weighted by Gasteiger charge is -2.23. The first-order valence-corrected chi connectivity index (χ1v) is 6.09. The highest BCUT2D eigenvalue weighted by molar-refractivity contribution is 5.82. The lowest BCUT2D eigenvalue weighted by atomic mass is 9.93. The van der Waals surface area contributed by atoms with Crippen LogP contribution in [0.15, 0.2) is 0 Å². The summed E-state index contributed by atoms with van der Waals surface area (Å²) in [7, 11) is 1.80. The average Bonchev–Trinajstić information content (AvgIpc) is 2.86. The van der Waals surface area contributed by atoms with E-state index in [-0.39, 0.29) is 11.9 Å². The molecule has 2 fully saturated rings. The van der Waals surface area contributed by atoms with Gasteiger partial charge in [0, 0.05) is 13.6 Å². The number of amides is 1. The maximum Gasteiger partial charge on any atom is 0.239 e. The number of hydrogen-bond acceptors (Lipinski definition) is 3. The van der Waals surface area contributed by atoms with Crippen molar-refractivity contribution in [2.75, 3.05) is 20.1 Å². The van der Waals surface area contributed by atoms with E-state index in [0.717, 1.165) is 6.54 Å². The van der Waals surface area contributed by atoms with Gasteiger partial charge in [0.25, 0.3) is 0 Å². The first-order chi connectivity index (χ1) is 7.74. The number of nitrogens with one attached hydrogen (secondary N) is 1. The first kappa shape index (κ1) is 11.4. The molecule has 0 aromatic heterocycles. The molecule has 16 heavy (non-hydrogen) atoms. The van der Waals surface area contributed by atoms with Gasteiger partial charge in [-0.05, 0) is 31.2 Å². The molecule has 0 aromatic rings. The molecule has 2 aliphatic rings. The zero-order chi connectivity index (χ0) is 11.5. The summed E-state index contributed by atoms with van der Waals surface area (Å²) in [5.41, 5.74) is 0. The first-order valence-electron chi connectivity index (χ1n) is 6.09. The van der Waals surface area contributed by atoms with Crippen molar-refractivity contribution in [3.8, 4) is 6.07 Å². The topological polar surface area (TPSA) is 56.1 Å². The number of nitrogens with zero attached hydrogens (tertiary/aromatic N) is 2. The van der Waals surface area contributed by atoms with Crippen molar-refractivity contribution in [1.82, 2.24) is 10.2 Å². The Morgan fingerprint density at radius 3 is 3.12 bits per heavy atom. The maximum absolute atomic E-state index is 12.1. The standard InChI is InChI=1S/C12H19N3O/c1-15(7-3-6-13)12(16)11-10-5-2-4-9(10)8-14-11/h9-11,14H,2-5,7-8H2,1H3. The lowest BCUT2D eigenvalue weighted by Crippen LogP contribution is -2.45. The van der Waals surface area contributed by atoms with Crippen LogP contribution in [0.1, 0.15) is 25.7 Å². The number of rotatable bonds is 3. The van der Waals surface area contributed by atoms with Crippen molar-refractivity contribution in [1.29, 1.82) is 5.26 Å². The van der Waals surface area contributed by atoms with E-state index in [1.54, 1.807) is 11.9 Å². The van der Waals surface area contributed by atoms with Crippen LogP contribution in [0.3, 0.4) is 0 Å². The number of carbonyl (C=O) groups excluding carboxylic acids is 1. The Morgan fingerprint density at radius 2 is 2.38 bits per heavy atom. The third-order valence-electron chi connectivity index (χ3n) is 3.95. The van der Waals surface area contributed by atoms with Crippen molar-refractivity contribution in [2.45, 2.75) is 31.7 Å². The summed E-state index contributed by atoms with van der Waals surface area (Å²) in [5.74, 6) is 1.42. The summed E-state index contributed by atoms with van der Waals surface area (Å²) in [4.78, 5) is 13.8. The van der Waals surface area contributed by atoms with Gasteiger partial charge in [0.1, 0.15) is 0 Å². The van der Waals surface area contributed by atoms with Gasteiger partial charge in [-0.3, -0.25) is 4.79 Å². The molecule has 3 unspecified atom stereocenters. The second kappa shape index (κ2) is 4.84. The van der Waals surface area contributed by atoms with Crippen molar-refractivity contribution in [3.05, 3.63) is 0 Å². The highest BCUT2D eigenvalue weighted by Gasteiger charge is 2.43. The van der Waals surface area contributed by atoms with E-state index in [0.29, 0.717) is 24.8 Å². The molecule has 3 atom stereocenters. The van der Waals surface area contributed by atoms with Gasteiger partial charge in [-0.15, -0.1) is 0 Å². The quantitative estimate of drug-likeness (QED) is 0.765. The lowest BCUT2D eigenvalue weighted by molar-refractivity contribution is -0.132. The Morgan fingerprint density at radius 1 is 1.56 bits per heavy atom. The zero-order valence-electron chi connectivity index (χ0n) is 9.78. The number of hydrogen-bond donors (Lipinski definition) is 1. The summed E-state index contributed by atoms with van der Waals surface area (Å²) in [6.45, 7) is 1.54. The Balaban J connectivity index is 1.92. The second-order valence-electron chi connectivity index (χ2n) is 4.91. The third-order valence-corrected chi connectivity index (χ3v) is 3.95.